The molecule has 92 valence electrons. The number of likely N-dealkylation sites (N-methyl/N-ethyl adjacent to an activating group) is 1. The Hall–Kier alpha value is -1.01. The fourth-order valence-corrected chi connectivity index (χ4v) is 1.58. The fourth-order valence-electron chi connectivity index (χ4n) is 1.58. The van der Waals surface area contributed by atoms with Crippen molar-refractivity contribution in [2.45, 2.75) is 38.3 Å². The van der Waals surface area contributed by atoms with E-state index in [1.807, 2.05) is 7.05 Å². The maximum atomic E-state index is 5.41. The van der Waals surface area contributed by atoms with E-state index in [0.29, 0.717) is 6.04 Å². The number of nitrogens with one attached hydrogen (secondary N) is 1. The van der Waals surface area contributed by atoms with Crippen LogP contribution in [0.4, 0.5) is 0 Å². The van der Waals surface area contributed by atoms with Gasteiger partial charge in [0.2, 0.25) is 0 Å². The standard InChI is InChI=1S/C10H21N5O/c1-10(2,16-5)7-8(11-3)6-9-12-14-15(4)13-9/h8,11H,6-7H2,1-5H3. The maximum Gasteiger partial charge on any atom is 0.176 e. The SMILES string of the molecule is CNC(Cc1nnn(C)n1)CC(C)(C)OC. The van der Waals surface area contributed by atoms with Crippen LogP contribution < -0.4 is 5.32 Å². The summed E-state index contributed by atoms with van der Waals surface area (Å²) in [6, 6.07) is 0.291. The Labute approximate surface area is 96.4 Å². The van der Waals surface area contributed by atoms with Crippen LogP contribution >= 0.6 is 0 Å². The second-order valence-electron chi connectivity index (χ2n) is 4.55. The van der Waals surface area contributed by atoms with Gasteiger partial charge in [-0.25, -0.2) is 0 Å². The van der Waals surface area contributed by atoms with E-state index in [0.717, 1.165) is 18.7 Å². The lowest BCUT2D eigenvalue weighted by Gasteiger charge is -2.27. The van der Waals surface area contributed by atoms with Crippen molar-refractivity contribution in [1.82, 2.24) is 25.5 Å². The van der Waals surface area contributed by atoms with Gasteiger partial charge in [0.25, 0.3) is 0 Å². The lowest BCUT2D eigenvalue weighted by molar-refractivity contribution is 0.00758. The first-order chi connectivity index (χ1) is 7.46. The molecule has 16 heavy (non-hydrogen) atoms. The largest absolute Gasteiger partial charge is 0.379 e. The predicted octanol–water partition coefficient (Wildman–Crippen LogP) is 0.156. The predicted molar refractivity (Wildman–Crippen MR) is 61.1 cm³/mol. The number of aryl methyl sites for hydroxylation is 1. The molecule has 0 aliphatic rings. The lowest BCUT2D eigenvalue weighted by Crippen LogP contribution is -2.37. The van der Waals surface area contributed by atoms with Crippen LogP contribution in [0, 0.1) is 0 Å². The van der Waals surface area contributed by atoms with Crippen molar-refractivity contribution in [2.75, 3.05) is 14.2 Å². The van der Waals surface area contributed by atoms with E-state index in [4.69, 9.17) is 4.74 Å². The summed E-state index contributed by atoms with van der Waals surface area (Å²) in [4.78, 5) is 1.48. The van der Waals surface area contributed by atoms with Gasteiger partial charge in [-0.15, -0.1) is 10.2 Å². The normalized spacial score (nSPS) is 14.1. The molecular weight excluding hydrogens is 206 g/mol. The molecule has 0 fully saturated rings. The Morgan fingerprint density at radius 3 is 2.62 bits per heavy atom. The number of ether oxygens (including phenoxy) is 1. The van der Waals surface area contributed by atoms with Gasteiger partial charge < -0.3 is 10.1 Å². The van der Waals surface area contributed by atoms with E-state index in [1.165, 1.54) is 4.80 Å². The third kappa shape index (κ3) is 3.86. The van der Waals surface area contributed by atoms with Gasteiger partial charge in [0, 0.05) is 19.6 Å². The minimum atomic E-state index is -0.143. The summed E-state index contributed by atoms with van der Waals surface area (Å²) in [6.45, 7) is 4.14. The summed E-state index contributed by atoms with van der Waals surface area (Å²) >= 11 is 0. The third-order valence-corrected chi connectivity index (χ3v) is 2.68. The van der Waals surface area contributed by atoms with Crippen LogP contribution in [0.5, 0.6) is 0 Å². The summed E-state index contributed by atoms with van der Waals surface area (Å²) < 4.78 is 5.41. The van der Waals surface area contributed by atoms with E-state index < -0.39 is 0 Å². The number of nitrogens with zero attached hydrogens (tertiary/aromatic N) is 4. The molecule has 0 spiro atoms. The van der Waals surface area contributed by atoms with Gasteiger partial charge in [-0.2, -0.15) is 4.80 Å². The van der Waals surface area contributed by atoms with Gasteiger partial charge in [-0.3, -0.25) is 0 Å². The van der Waals surface area contributed by atoms with Crippen molar-refractivity contribution < 1.29 is 4.74 Å². The van der Waals surface area contributed by atoms with Crippen molar-refractivity contribution >= 4 is 0 Å². The van der Waals surface area contributed by atoms with Crippen LogP contribution in [-0.4, -0.2) is 46.0 Å². The number of hydrogen-bond acceptors (Lipinski definition) is 5. The van der Waals surface area contributed by atoms with Gasteiger partial charge in [0.1, 0.15) is 0 Å². The topological polar surface area (TPSA) is 64.9 Å². The van der Waals surface area contributed by atoms with E-state index in [2.05, 4.69) is 34.6 Å². The van der Waals surface area contributed by atoms with Crippen LogP contribution in [0.2, 0.25) is 0 Å². The van der Waals surface area contributed by atoms with Gasteiger partial charge in [0.15, 0.2) is 5.82 Å². The zero-order valence-corrected chi connectivity index (χ0v) is 10.7. The number of rotatable bonds is 6. The molecule has 1 heterocycles. The summed E-state index contributed by atoms with van der Waals surface area (Å²) in [5, 5.41) is 15.2. The Morgan fingerprint density at radius 2 is 2.19 bits per heavy atom. The zero-order valence-electron chi connectivity index (χ0n) is 10.7. The third-order valence-electron chi connectivity index (χ3n) is 2.68. The van der Waals surface area contributed by atoms with Crippen molar-refractivity contribution in [1.29, 1.82) is 0 Å². The molecule has 1 aromatic heterocycles. The molecule has 6 nitrogen and oxygen atoms in total. The molecule has 0 saturated carbocycles. The quantitative estimate of drug-likeness (QED) is 0.749. The van der Waals surface area contributed by atoms with Crippen LogP contribution in [-0.2, 0) is 18.2 Å². The summed E-state index contributed by atoms with van der Waals surface area (Å²) in [7, 11) is 5.43. The van der Waals surface area contributed by atoms with Crippen LogP contribution in [0.3, 0.4) is 0 Å². The van der Waals surface area contributed by atoms with Gasteiger partial charge in [-0.05, 0) is 32.5 Å². The minimum Gasteiger partial charge on any atom is -0.379 e. The summed E-state index contributed by atoms with van der Waals surface area (Å²) in [5.74, 6) is 0.758. The molecule has 1 atom stereocenters. The van der Waals surface area contributed by atoms with E-state index in [1.54, 1.807) is 14.2 Å². The Bertz CT molecular complexity index is 323. The Morgan fingerprint density at radius 1 is 1.50 bits per heavy atom. The summed E-state index contributed by atoms with van der Waals surface area (Å²) in [6.07, 6.45) is 1.66. The average molecular weight is 227 g/mol. The highest BCUT2D eigenvalue weighted by atomic mass is 16.5. The molecule has 0 bridgehead atoms. The van der Waals surface area contributed by atoms with Crippen LogP contribution in [0.25, 0.3) is 0 Å². The molecule has 1 rings (SSSR count). The molecule has 0 amide bonds. The molecule has 0 aliphatic carbocycles. The molecule has 1 N–H and O–H groups in total. The molecular formula is C10H21N5O. The minimum absolute atomic E-state index is 0.143. The van der Waals surface area contributed by atoms with Crippen LogP contribution in [0.15, 0.2) is 0 Å². The van der Waals surface area contributed by atoms with E-state index in [9.17, 15) is 0 Å². The fraction of sp³-hybridized carbons (Fsp3) is 0.900. The first-order valence-corrected chi connectivity index (χ1v) is 5.42. The molecule has 0 radical (unpaired) electrons. The van der Waals surface area contributed by atoms with Gasteiger partial charge in [-0.1, -0.05) is 0 Å². The van der Waals surface area contributed by atoms with Crippen molar-refractivity contribution in [2.24, 2.45) is 7.05 Å². The average Bonchev–Trinajstić information content (AvgIpc) is 2.63. The maximum absolute atomic E-state index is 5.41. The van der Waals surface area contributed by atoms with Gasteiger partial charge >= 0.3 is 0 Å². The second kappa shape index (κ2) is 5.36. The smallest absolute Gasteiger partial charge is 0.176 e. The Balaban J connectivity index is 2.55. The molecule has 0 saturated heterocycles. The van der Waals surface area contributed by atoms with Crippen molar-refractivity contribution in [3.63, 3.8) is 0 Å². The van der Waals surface area contributed by atoms with Crippen molar-refractivity contribution in [3.8, 4) is 0 Å². The summed E-state index contributed by atoms with van der Waals surface area (Å²) in [5.41, 5.74) is -0.143. The molecule has 1 unspecified atom stereocenters. The Kier molecular flexibility index (Phi) is 4.37. The zero-order chi connectivity index (χ0) is 12.2. The molecule has 0 aliphatic heterocycles. The van der Waals surface area contributed by atoms with Crippen molar-refractivity contribution in [3.05, 3.63) is 5.82 Å². The molecule has 0 aromatic carbocycles. The van der Waals surface area contributed by atoms with E-state index in [-0.39, 0.29) is 5.60 Å². The van der Waals surface area contributed by atoms with E-state index >= 15 is 0 Å². The van der Waals surface area contributed by atoms with Gasteiger partial charge in [0.05, 0.1) is 12.6 Å². The first kappa shape index (κ1) is 13.1. The highest BCUT2D eigenvalue weighted by Crippen LogP contribution is 2.16. The van der Waals surface area contributed by atoms with Crippen LogP contribution in [0.1, 0.15) is 26.1 Å². The number of tetrazole rings is 1. The second-order valence-corrected chi connectivity index (χ2v) is 4.55. The lowest BCUT2D eigenvalue weighted by atomic mass is 9.96. The molecule has 1 aromatic rings. The molecule has 6 heteroatoms. The first-order valence-electron chi connectivity index (χ1n) is 5.42. The number of aromatic nitrogens is 4. The highest BCUT2D eigenvalue weighted by Gasteiger charge is 2.23. The number of hydrogen-bond donors (Lipinski definition) is 1. The monoisotopic (exact) mass is 227 g/mol. The highest BCUT2D eigenvalue weighted by molar-refractivity contribution is 4.87. The number of methoxy groups -OCH3 is 1.